The van der Waals surface area contributed by atoms with Crippen LogP contribution in [-0.2, 0) is 23.9 Å². The summed E-state index contributed by atoms with van der Waals surface area (Å²) in [5, 5.41) is 0. The molecule has 2 aliphatic carbocycles. The summed E-state index contributed by atoms with van der Waals surface area (Å²) in [6, 6.07) is 0. The van der Waals surface area contributed by atoms with Crippen LogP contribution in [0.4, 0.5) is 0 Å². The van der Waals surface area contributed by atoms with Crippen LogP contribution in [0, 0.1) is 16.7 Å². The van der Waals surface area contributed by atoms with E-state index in [-0.39, 0.29) is 24.5 Å². The Morgan fingerprint density at radius 3 is 2.15 bits per heavy atom. The highest BCUT2D eigenvalue weighted by atomic mass is 16.5. The molecule has 2 fully saturated rings. The predicted molar refractivity (Wildman–Crippen MR) is 70.7 cm³/mol. The predicted octanol–water partition coefficient (Wildman–Crippen LogP) is 1.65. The maximum absolute atomic E-state index is 12.1. The first-order valence-electron chi connectivity index (χ1n) is 6.69. The van der Waals surface area contributed by atoms with Gasteiger partial charge in [0.1, 0.15) is 5.78 Å². The molecular weight excluding hydrogens is 260 g/mol. The van der Waals surface area contributed by atoms with E-state index in [1.54, 1.807) is 0 Å². The molecule has 2 rings (SSSR count). The molecule has 20 heavy (non-hydrogen) atoms. The Kier molecular flexibility index (Phi) is 3.48. The van der Waals surface area contributed by atoms with Crippen molar-refractivity contribution in [2.24, 2.45) is 16.7 Å². The van der Waals surface area contributed by atoms with Gasteiger partial charge in [-0.1, -0.05) is 19.1 Å². The molecule has 2 atom stereocenters. The lowest BCUT2D eigenvalue weighted by molar-refractivity contribution is -0.169. The van der Waals surface area contributed by atoms with Crippen LogP contribution >= 0.6 is 0 Å². The van der Waals surface area contributed by atoms with Crippen LogP contribution in [0.3, 0.4) is 0 Å². The zero-order chi connectivity index (χ0) is 15.1. The van der Waals surface area contributed by atoms with Gasteiger partial charge in [-0.2, -0.15) is 0 Å². The first-order chi connectivity index (χ1) is 9.31. The van der Waals surface area contributed by atoms with Crippen molar-refractivity contribution in [3.05, 3.63) is 12.2 Å². The highest BCUT2D eigenvalue weighted by Gasteiger charge is 2.61. The number of hydrogen-bond donors (Lipinski definition) is 0. The van der Waals surface area contributed by atoms with Crippen LogP contribution in [0.2, 0.25) is 0 Å². The number of carbonyl (C=O) groups is 3. The van der Waals surface area contributed by atoms with Gasteiger partial charge in [0, 0.05) is 11.8 Å². The van der Waals surface area contributed by atoms with Crippen molar-refractivity contribution in [3.8, 4) is 0 Å². The molecule has 110 valence electrons. The van der Waals surface area contributed by atoms with Gasteiger partial charge < -0.3 is 9.47 Å². The summed E-state index contributed by atoms with van der Waals surface area (Å²) in [6.07, 6.45) is 1.77. The maximum atomic E-state index is 12.1. The summed E-state index contributed by atoms with van der Waals surface area (Å²) in [4.78, 5) is 36.1. The third kappa shape index (κ3) is 1.79. The fourth-order valence-corrected chi connectivity index (χ4v) is 3.53. The van der Waals surface area contributed by atoms with E-state index in [2.05, 4.69) is 6.58 Å². The summed E-state index contributed by atoms with van der Waals surface area (Å²) in [7, 11) is 2.50. The summed E-state index contributed by atoms with van der Waals surface area (Å²) in [5.74, 6) is -1.21. The molecule has 2 aliphatic rings. The lowest BCUT2D eigenvalue weighted by Gasteiger charge is -2.42. The number of esters is 2. The number of hydrogen-bond acceptors (Lipinski definition) is 5. The standard InChI is InChI=1S/C15H20O5/c1-9-7-15(12(17)19-3,13(18)20-4)8-10(9)14(2)6-5-11(14)16/h10H,1,5-8H2,2-4H3/t10-,14-/m1/s1. The van der Waals surface area contributed by atoms with Gasteiger partial charge in [0.05, 0.1) is 14.2 Å². The van der Waals surface area contributed by atoms with Crippen molar-refractivity contribution in [1.82, 2.24) is 0 Å². The van der Waals surface area contributed by atoms with E-state index in [0.29, 0.717) is 6.42 Å². The molecule has 0 aliphatic heterocycles. The van der Waals surface area contributed by atoms with Gasteiger partial charge in [-0.3, -0.25) is 14.4 Å². The van der Waals surface area contributed by atoms with Crippen LogP contribution < -0.4 is 0 Å². The molecule has 5 nitrogen and oxygen atoms in total. The molecule has 0 N–H and O–H groups in total. The number of rotatable bonds is 3. The Labute approximate surface area is 118 Å². The van der Waals surface area contributed by atoms with E-state index in [1.807, 2.05) is 6.92 Å². The quantitative estimate of drug-likeness (QED) is 0.446. The summed E-state index contributed by atoms with van der Waals surface area (Å²) in [6.45, 7) is 5.87. The molecule has 0 aromatic heterocycles. The first kappa shape index (κ1) is 14.8. The largest absolute Gasteiger partial charge is 0.468 e. The number of ether oxygens (including phenoxy) is 2. The van der Waals surface area contributed by atoms with Crippen LogP contribution in [0.15, 0.2) is 12.2 Å². The Morgan fingerprint density at radius 2 is 1.80 bits per heavy atom. The van der Waals surface area contributed by atoms with Gasteiger partial charge in [-0.05, 0) is 25.2 Å². The highest BCUT2D eigenvalue weighted by molar-refractivity contribution is 6.01. The minimum absolute atomic E-state index is 0.165. The fraction of sp³-hybridized carbons (Fsp3) is 0.667. The summed E-state index contributed by atoms with van der Waals surface area (Å²) in [5.41, 5.74) is -1.08. The molecule has 0 unspecified atom stereocenters. The molecule has 0 radical (unpaired) electrons. The molecule has 0 spiro atoms. The Hall–Kier alpha value is -1.65. The minimum Gasteiger partial charge on any atom is -0.468 e. The summed E-state index contributed by atoms with van der Waals surface area (Å²) < 4.78 is 9.56. The second kappa shape index (κ2) is 4.72. The minimum atomic E-state index is -1.34. The topological polar surface area (TPSA) is 69.7 Å². The van der Waals surface area contributed by atoms with E-state index < -0.39 is 22.8 Å². The molecule has 5 heteroatoms. The third-order valence-electron chi connectivity index (χ3n) is 5.00. The molecule has 0 bridgehead atoms. The van der Waals surface area contributed by atoms with E-state index in [4.69, 9.17) is 9.47 Å². The monoisotopic (exact) mass is 280 g/mol. The van der Waals surface area contributed by atoms with Crippen LogP contribution in [0.1, 0.15) is 32.6 Å². The second-order valence-electron chi connectivity index (χ2n) is 6.00. The average Bonchev–Trinajstić information content (AvgIpc) is 2.82. The number of ketones is 1. The lowest BCUT2D eigenvalue weighted by atomic mass is 9.59. The molecule has 0 aromatic rings. The van der Waals surface area contributed by atoms with Crippen molar-refractivity contribution >= 4 is 17.7 Å². The first-order valence-corrected chi connectivity index (χ1v) is 6.69. The lowest BCUT2D eigenvalue weighted by Crippen LogP contribution is -2.45. The second-order valence-corrected chi connectivity index (χ2v) is 6.00. The molecule has 2 saturated carbocycles. The van der Waals surface area contributed by atoms with E-state index >= 15 is 0 Å². The Balaban J connectivity index is 2.35. The zero-order valence-corrected chi connectivity index (χ0v) is 12.2. The van der Waals surface area contributed by atoms with Gasteiger partial charge in [-0.25, -0.2) is 0 Å². The number of Topliss-reactive ketones (excluding diaryl/α,β-unsaturated/α-hetero) is 1. The van der Waals surface area contributed by atoms with Crippen LogP contribution in [-0.4, -0.2) is 31.9 Å². The van der Waals surface area contributed by atoms with E-state index in [1.165, 1.54) is 14.2 Å². The van der Waals surface area contributed by atoms with E-state index in [9.17, 15) is 14.4 Å². The third-order valence-corrected chi connectivity index (χ3v) is 5.00. The SMILES string of the molecule is C=C1CC(C(=O)OC)(C(=O)OC)C[C@H]1[C@@]1(C)CCC1=O. The molecular formula is C15H20O5. The molecule has 0 saturated heterocycles. The Morgan fingerprint density at radius 1 is 1.25 bits per heavy atom. The fourth-order valence-electron chi connectivity index (χ4n) is 3.53. The summed E-state index contributed by atoms with van der Waals surface area (Å²) >= 11 is 0. The zero-order valence-electron chi connectivity index (χ0n) is 12.2. The Bertz CT molecular complexity index is 476. The van der Waals surface area contributed by atoms with Gasteiger partial charge in [-0.15, -0.1) is 0 Å². The number of methoxy groups -OCH3 is 2. The number of carbonyl (C=O) groups excluding carboxylic acids is 3. The molecule has 0 amide bonds. The van der Waals surface area contributed by atoms with E-state index in [0.717, 1.165) is 12.0 Å². The van der Waals surface area contributed by atoms with Crippen molar-refractivity contribution in [2.45, 2.75) is 32.6 Å². The maximum Gasteiger partial charge on any atom is 0.323 e. The average molecular weight is 280 g/mol. The van der Waals surface area contributed by atoms with Crippen LogP contribution in [0.5, 0.6) is 0 Å². The van der Waals surface area contributed by atoms with Crippen molar-refractivity contribution < 1.29 is 23.9 Å². The highest BCUT2D eigenvalue weighted by Crippen LogP contribution is 2.57. The van der Waals surface area contributed by atoms with Crippen molar-refractivity contribution in [3.63, 3.8) is 0 Å². The van der Waals surface area contributed by atoms with Gasteiger partial charge in [0.15, 0.2) is 5.41 Å². The van der Waals surface area contributed by atoms with Crippen molar-refractivity contribution in [1.29, 1.82) is 0 Å². The molecule has 0 heterocycles. The normalized spacial score (nSPS) is 31.6. The smallest absolute Gasteiger partial charge is 0.323 e. The van der Waals surface area contributed by atoms with Crippen molar-refractivity contribution in [2.75, 3.05) is 14.2 Å². The number of allylic oxidation sites excluding steroid dienone is 1. The van der Waals surface area contributed by atoms with Gasteiger partial charge >= 0.3 is 11.9 Å². The van der Waals surface area contributed by atoms with Gasteiger partial charge in [0.2, 0.25) is 0 Å². The van der Waals surface area contributed by atoms with Crippen LogP contribution in [0.25, 0.3) is 0 Å². The molecule has 0 aromatic carbocycles. The van der Waals surface area contributed by atoms with Gasteiger partial charge in [0.25, 0.3) is 0 Å².